The molecule has 0 radical (unpaired) electrons. The molecule has 2 heterocycles. The van der Waals surface area contributed by atoms with Gasteiger partial charge in [-0.05, 0) is 43.8 Å². The number of nitrogens with zero attached hydrogens (tertiary/aromatic N) is 1. The van der Waals surface area contributed by atoms with Crippen molar-refractivity contribution in [2.75, 3.05) is 32.8 Å². The molecule has 3 rings (SSSR count). The SMILES string of the molecule is CCC(NC(=O)CCC1CCNC1)C1CN(Cc2ccccc2)CCO1.Cl.Cl. The van der Waals surface area contributed by atoms with Crippen molar-refractivity contribution in [2.45, 2.75) is 51.3 Å². The largest absolute Gasteiger partial charge is 0.373 e. The van der Waals surface area contributed by atoms with Crippen molar-refractivity contribution < 1.29 is 9.53 Å². The van der Waals surface area contributed by atoms with Crippen LogP contribution in [0.1, 0.15) is 38.2 Å². The Morgan fingerprint density at radius 3 is 2.79 bits per heavy atom. The number of benzene rings is 1. The molecule has 3 atom stereocenters. The molecule has 0 saturated carbocycles. The van der Waals surface area contributed by atoms with Crippen molar-refractivity contribution in [3.63, 3.8) is 0 Å². The molecule has 160 valence electrons. The van der Waals surface area contributed by atoms with Gasteiger partial charge in [-0.15, -0.1) is 24.8 Å². The van der Waals surface area contributed by atoms with E-state index in [2.05, 4.69) is 52.8 Å². The zero-order chi connectivity index (χ0) is 18.2. The number of hydrogen-bond donors (Lipinski definition) is 2. The highest BCUT2D eigenvalue weighted by atomic mass is 35.5. The van der Waals surface area contributed by atoms with E-state index in [0.29, 0.717) is 12.3 Å². The summed E-state index contributed by atoms with van der Waals surface area (Å²) in [4.78, 5) is 14.8. The van der Waals surface area contributed by atoms with E-state index in [9.17, 15) is 4.79 Å². The number of carbonyl (C=O) groups is 1. The number of carbonyl (C=O) groups excluding carboxylic acids is 1. The summed E-state index contributed by atoms with van der Waals surface area (Å²) in [5.74, 6) is 0.834. The highest BCUT2D eigenvalue weighted by Crippen LogP contribution is 2.16. The average Bonchev–Trinajstić information content (AvgIpc) is 3.19. The predicted octanol–water partition coefficient (Wildman–Crippen LogP) is 3.02. The Kier molecular flexibility index (Phi) is 12.0. The standard InChI is InChI=1S/C21H33N3O2.2ClH/c1-2-19(23-21(25)9-8-17-10-11-22-14-17)20-16-24(12-13-26-20)15-18-6-4-3-5-7-18;;/h3-7,17,19-20,22H,2,8-16H2,1H3,(H,23,25);2*1H. The summed E-state index contributed by atoms with van der Waals surface area (Å²) in [6.07, 6.45) is 3.80. The number of ether oxygens (including phenoxy) is 1. The van der Waals surface area contributed by atoms with Crippen LogP contribution in [0.5, 0.6) is 0 Å². The summed E-state index contributed by atoms with van der Waals surface area (Å²) in [5, 5.41) is 6.60. The lowest BCUT2D eigenvalue weighted by molar-refractivity contribution is -0.124. The van der Waals surface area contributed by atoms with Gasteiger partial charge in [0.25, 0.3) is 0 Å². The lowest BCUT2D eigenvalue weighted by Gasteiger charge is -2.37. The smallest absolute Gasteiger partial charge is 0.220 e. The van der Waals surface area contributed by atoms with Crippen molar-refractivity contribution in [1.82, 2.24) is 15.5 Å². The molecular weight excluding hydrogens is 397 g/mol. The minimum Gasteiger partial charge on any atom is -0.373 e. The minimum absolute atomic E-state index is 0. The summed E-state index contributed by atoms with van der Waals surface area (Å²) in [6, 6.07) is 10.7. The Balaban J connectivity index is 0.00000196. The molecule has 2 saturated heterocycles. The average molecular weight is 432 g/mol. The van der Waals surface area contributed by atoms with Crippen LogP contribution in [-0.4, -0.2) is 55.7 Å². The van der Waals surface area contributed by atoms with E-state index in [-0.39, 0.29) is 42.9 Å². The maximum Gasteiger partial charge on any atom is 0.220 e. The zero-order valence-electron chi connectivity index (χ0n) is 16.8. The third kappa shape index (κ3) is 7.88. The highest BCUT2D eigenvalue weighted by Gasteiger charge is 2.28. The monoisotopic (exact) mass is 431 g/mol. The van der Waals surface area contributed by atoms with Crippen molar-refractivity contribution in [1.29, 1.82) is 0 Å². The number of amides is 1. The molecule has 2 aliphatic heterocycles. The van der Waals surface area contributed by atoms with E-state index in [0.717, 1.165) is 52.2 Å². The van der Waals surface area contributed by atoms with Crippen molar-refractivity contribution in [3.05, 3.63) is 35.9 Å². The van der Waals surface area contributed by atoms with Gasteiger partial charge in [0.15, 0.2) is 0 Å². The summed E-state index contributed by atoms with van der Waals surface area (Å²) in [5.41, 5.74) is 1.33. The van der Waals surface area contributed by atoms with E-state index in [1.54, 1.807) is 0 Å². The van der Waals surface area contributed by atoms with Gasteiger partial charge in [0.1, 0.15) is 0 Å². The molecule has 3 unspecified atom stereocenters. The van der Waals surface area contributed by atoms with Crippen LogP contribution < -0.4 is 10.6 Å². The first kappa shape index (κ1) is 25.2. The molecule has 0 spiro atoms. The van der Waals surface area contributed by atoms with Gasteiger partial charge in [-0.25, -0.2) is 0 Å². The second kappa shape index (κ2) is 13.4. The third-order valence-corrected chi connectivity index (χ3v) is 5.60. The van der Waals surface area contributed by atoms with Crippen LogP contribution in [0.3, 0.4) is 0 Å². The number of hydrogen-bond acceptors (Lipinski definition) is 4. The number of rotatable bonds is 8. The molecule has 2 N–H and O–H groups in total. The van der Waals surface area contributed by atoms with Gasteiger partial charge in [0.2, 0.25) is 5.91 Å². The quantitative estimate of drug-likeness (QED) is 0.663. The first-order chi connectivity index (χ1) is 12.7. The lowest BCUT2D eigenvalue weighted by Crippen LogP contribution is -2.53. The molecule has 0 bridgehead atoms. The van der Waals surface area contributed by atoms with Gasteiger partial charge >= 0.3 is 0 Å². The van der Waals surface area contributed by atoms with E-state index < -0.39 is 0 Å². The molecule has 5 nitrogen and oxygen atoms in total. The van der Waals surface area contributed by atoms with Gasteiger partial charge in [-0.2, -0.15) is 0 Å². The molecule has 2 aliphatic rings. The van der Waals surface area contributed by atoms with E-state index in [1.165, 1.54) is 12.0 Å². The molecule has 7 heteroatoms. The number of halogens is 2. The van der Waals surface area contributed by atoms with Crippen LogP contribution in [0.2, 0.25) is 0 Å². The predicted molar refractivity (Wildman–Crippen MR) is 118 cm³/mol. The first-order valence-electron chi connectivity index (χ1n) is 10.1. The molecule has 28 heavy (non-hydrogen) atoms. The second-order valence-corrected chi connectivity index (χ2v) is 7.61. The number of morpholine rings is 1. The van der Waals surface area contributed by atoms with E-state index in [1.807, 2.05) is 0 Å². The molecule has 1 amide bonds. The van der Waals surface area contributed by atoms with Gasteiger partial charge < -0.3 is 15.4 Å². The lowest BCUT2D eigenvalue weighted by atomic mass is 10.0. The van der Waals surface area contributed by atoms with Crippen LogP contribution >= 0.6 is 24.8 Å². The Morgan fingerprint density at radius 2 is 2.11 bits per heavy atom. The fourth-order valence-corrected chi connectivity index (χ4v) is 3.99. The topological polar surface area (TPSA) is 53.6 Å². The molecule has 2 fully saturated rings. The highest BCUT2D eigenvalue weighted by molar-refractivity contribution is 5.85. The van der Waals surface area contributed by atoms with Crippen molar-refractivity contribution in [2.24, 2.45) is 5.92 Å². The Morgan fingerprint density at radius 1 is 1.32 bits per heavy atom. The summed E-state index contributed by atoms with van der Waals surface area (Å²) in [6.45, 7) is 7.79. The van der Waals surface area contributed by atoms with Crippen LogP contribution in [0.15, 0.2) is 30.3 Å². The van der Waals surface area contributed by atoms with Gasteiger partial charge in [0.05, 0.1) is 18.8 Å². The molecular formula is C21H35Cl2N3O2. The number of nitrogens with one attached hydrogen (secondary N) is 2. The summed E-state index contributed by atoms with van der Waals surface area (Å²) >= 11 is 0. The first-order valence-corrected chi connectivity index (χ1v) is 10.1. The second-order valence-electron chi connectivity index (χ2n) is 7.61. The van der Waals surface area contributed by atoms with Crippen LogP contribution in [0.25, 0.3) is 0 Å². The van der Waals surface area contributed by atoms with E-state index in [4.69, 9.17) is 4.74 Å². The molecule has 1 aromatic rings. The normalized spacial score (nSPS) is 23.3. The van der Waals surface area contributed by atoms with Crippen molar-refractivity contribution in [3.8, 4) is 0 Å². The zero-order valence-corrected chi connectivity index (χ0v) is 18.4. The summed E-state index contributed by atoms with van der Waals surface area (Å²) < 4.78 is 6.01. The molecule has 0 aromatic heterocycles. The fraction of sp³-hybridized carbons (Fsp3) is 0.667. The van der Waals surface area contributed by atoms with Gasteiger partial charge in [-0.1, -0.05) is 37.3 Å². The van der Waals surface area contributed by atoms with Crippen molar-refractivity contribution >= 4 is 30.7 Å². The maximum absolute atomic E-state index is 12.4. The fourth-order valence-electron chi connectivity index (χ4n) is 3.99. The van der Waals surface area contributed by atoms with Gasteiger partial charge in [0, 0.05) is 26.1 Å². The molecule has 1 aromatic carbocycles. The Bertz CT molecular complexity index is 556. The maximum atomic E-state index is 12.4. The Labute approximate surface area is 181 Å². The van der Waals surface area contributed by atoms with Crippen LogP contribution in [-0.2, 0) is 16.1 Å². The minimum atomic E-state index is 0. The van der Waals surface area contributed by atoms with Crippen LogP contribution in [0.4, 0.5) is 0 Å². The Hall–Kier alpha value is -0.850. The van der Waals surface area contributed by atoms with Gasteiger partial charge in [-0.3, -0.25) is 9.69 Å². The third-order valence-electron chi connectivity index (χ3n) is 5.60. The summed E-state index contributed by atoms with van der Waals surface area (Å²) in [7, 11) is 0. The van der Waals surface area contributed by atoms with Crippen LogP contribution in [0, 0.1) is 5.92 Å². The molecule has 0 aliphatic carbocycles. The van der Waals surface area contributed by atoms with E-state index >= 15 is 0 Å².